The molecular weight excluding hydrogens is 278 g/mol. The number of nitrogens with two attached hydrogens (primary N) is 1. The topological polar surface area (TPSA) is 68.7 Å². The van der Waals surface area contributed by atoms with Gasteiger partial charge in [-0.2, -0.15) is 5.10 Å². The van der Waals surface area contributed by atoms with Gasteiger partial charge in [-0.1, -0.05) is 12.8 Å². The SMILES string of the molecule is Cn1cc([C@@H]2OCC[C@H]2CN=C(N)N2CCCCCC2)cn1. The summed E-state index contributed by atoms with van der Waals surface area (Å²) in [4.78, 5) is 6.91. The summed E-state index contributed by atoms with van der Waals surface area (Å²) >= 11 is 0. The molecule has 3 rings (SSSR count). The van der Waals surface area contributed by atoms with Gasteiger partial charge >= 0.3 is 0 Å². The highest BCUT2D eigenvalue weighted by Gasteiger charge is 2.30. The Kier molecular flexibility index (Phi) is 4.97. The van der Waals surface area contributed by atoms with Crippen molar-refractivity contribution in [3.63, 3.8) is 0 Å². The van der Waals surface area contributed by atoms with Gasteiger partial charge in [0.25, 0.3) is 0 Å². The third kappa shape index (κ3) is 3.61. The Labute approximate surface area is 132 Å². The van der Waals surface area contributed by atoms with Crippen LogP contribution in [0.3, 0.4) is 0 Å². The molecule has 2 N–H and O–H groups in total. The van der Waals surface area contributed by atoms with Crippen LogP contribution in [0.1, 0.15) is 43.8 Å². The molecule has 0 amide bonds. The zero-order valence-corrected chi connectivity index (χ0v) is 13.4. The fourth-order valence-corrected chi connectivity index (χ4v) is 3.39. The van der Waals surface area contributed by atoms with Crippen LogP contribution in [-0.2, 0) is 11.8 Å². The van der Waals surface area contributed by atoms with Crippen molar-refractivity contribution in [2.75, 3.05) is 26.2 Å². The number of aliphatic imine (C=N–C) groups is 1. The number of aryl methyl sites for hydroxylation is 1. The molecular formula is C16H27N5O. The van der Waals surface area contributed by atoms with Gasteiger partial charge in [-0.3, -0.25) is 9.67 Å². The number of hydrogen-bond donors (Lipinski definition) is 1. The van der Waals surface area contributed by atoms with E-state index < -0.39 is 0 Å². The molecule has 1 aromatic rings. The molecule has 2 fully saturated rings. The van der Waals surface area contributed by atoms with Crippen molar-refractivity contribution < 1.29 is 4.74 Å². The second kappa shape index (κ2) is 7.13. The number of hydrogen-bond acceptors (Lipinski definition) is 3. The number of ether oxygens (including phenoxy) is 1. The Balaban J connectivity index is 1.60. The minimum atomic E-state index is 0.106. The molecule has 1 aromatic heterocycles. The predicted molar refractivity (Wildman–Crippen MR) is 86.5 cm³/mol. The Morgan fingerprint density at radius 2 is 2.14 bits per heavy atom. The molecule has 122 valence electrons. The predicted octanol–water partition coefficient (Wildman–Crippen LogP) is 1.69. The molecule has 2 saturated heterocycles. The first-order valence-corrected chi connectivity index (χ1v) is 8.39. The highest BCUT2D eigenvalue weighted by Crippen LogP contribution is 2.34. The first-order chi connectivity index (χ1) is 10.7. The Morgan fingerprint density at radius 3 is 2.82 bits per heavy atom. The third-order valence-electron chi connectivity index (χ3n) is 4.69. The number of likely N-dealkylation sites (tertiary alicyclic amines) is 1. The molecule has 3 heterocycles. The van der Waals surface area contributed by atoms with Crippen molar-refractivity contribution in [3.05, 3.63) is 18.0 Å². The number of aromatic nitrogens is 2. The van der Waals surface area contributed by atoms with E-state index >= 15 is 0 Å². The fraction of sp³-hybridized carbons (Fsp3) is 0.750. The molecule has 0 bridgehead atoms. The highest BCUT2D eigenvalue weighted by atomic mass is 16.5. The molecule has 0 unspecified atom stereocenters. The van der Waals surface area contributed by atoms with Crippen molar-refractivity contribution >= 4 is 5.96 Å². The maximum absolute atomic E-state index is 6.20. The van der Waals surface area contributed by atoms with Crippen LogP contribution >= 0.6 is 0 Å². The Bertz CT molecular complexity index is 504. The normalized spacial score (nSPS) is 27.1. The molecule has 22 heavy (non-hydrogen) atoms. The summed E-state index contributed by atoms with van der Waals surface area (Å²) in [5, 5.41) is 4.24. The van der Waals surface area contributed by atoms with Gasteiger partial charge in [0.2, 0.25) is 0 Å². The van der Waals surface area contributed by atoms with E-state index in [1.807, 2.05) is 24.1 Å². The van der Waals surface area contributed by atoms with Gasteiger partial charge < -0.3 is 15.4 Å². The van der Waals surface area contributed by atoms with Gasteiger partial charge in [-0.05, 0) is 19.3 Å². The molecule has 0 aromatic carbocycles. The van der Waals surface area contributed by atoms with Crippen LogP contribution in [0.5, 0.6) is 0 Å². The Hall–Kier alpha value is -1.56. The average molecular weight is 305 g/mol. The summed E-state index contributed by atoms with van der Waals surface area (Å²) in [7, 11) is 1.93. The van der Waals surface area contributed by atoms with Crippen LogP contribution in [-0.4, -0.2) is 46.9 Å². The third-order valence-corrected chi connectivity index (χ3v) is 4.69. The summed E-state index contributed by atoms with van der Waals surface area (Å²) in [6.45, 7) is 3.62. The quantitative estimate of drug-likeness (QED) is 0.681. The van der Waals surface area contributed by atoms with Gasteiger partial charge in [-0.25, -0.2) is 0 Å². The van der Waals surface area contributed by atoms with Gasteiger partial charge in [-0.15, -0.1) is 0 Å². The maximum atomic E-state index is 6.20. The standard InChI is InChI=1S/C16H27N5O/c1-20-12-14(11-19-20)15-13(6-9-22-15)10-18-16(17)21-7-4-2-3-5-8-21/h11-13,15H,2-10H2,1H3,(H2,17,18)/t13-,15+/m0/s1. The lowest BCUT2D eigenvalue weighted by Crippen LogP contribution is -2.38. The first kappa shape index (κ1) is 15.3. The van der Waals surface area contributed by atoms with Crippen LogP contribution in [0.2, 0.25) is 0 Å². The van der Waals surface area contributed by atoms with E-state index in [-0.39, 0.29) is 6.10 Å². The molecule has 2 aliphatic heterocycles. The van der Waals surface area contributed by atoms with Crippen molar-refractivity contribution in [1.82, 2.24) is 14.7 Å². The van der Waals surface area contributed by atoms with E-state index in [0.29, 0.717) is 11.9 Å². The summed E-state index contributed by atoms with van der Waals surface area (Å²) in [6, 6.07) is 0. The lowest BCUT2D eigenvalue weighted by Gasteiger charge is -2.22. The van der Waals surface area contributed by atoms with Gasteiger partial charge in [0, 0.05) is 51.0 Å². The van der Waals surface area contributed by atoms with E-state index in [4.69, 9.17) is 10.5 Å². The van der Waals surface area contributed by atoms with Crippen molar-refractivity contribution in [1.29, 1.82) is 0 Å². The van der Waals surface area contributed by atoms with E-state index in [2.05, 4.69) is 15.0 Å². The second-order valence-electron chi connectivity index (χ2n) is 6.39. The van der Waals surface area contributed by atoms with E-state index in [1.54, 1.807) is 0 Å². The fourth-order valence-electron chi connectivity index (χ4n) is 3.39. The Morgan fingerprint density at radius 1 is 1.36 bits per heavy atom. The molecule has 6 heteroatoms. The largest absolute Gasteiger partial charge is 0.373 e. The van der Waals surface area contributed by atoms with E-state index in [0.717, 1.165) is 38.2 Å². The highest BCUT2D eigenvalue weighted by molar-refractivity contribution is 5.78. The minimum absolute atomic E-state index is 0.106. The number of nitrogens with zero attached hydrogens (tertiary/aromatic N) is 4. The van der Waals surface area contributed by atoms with Crippen LogP contribution in [0.25, 0.3) is 0 Å². The van der Waals surface area contributed by atoms with E-state index in [1.165, 1.54) is 25.7 Å². The monoisotopic (exact) mass is 305 g/mol. The van der Waals surface area contributed by atoms with Crippen molar-refractivity contribution in [2.24, 2.45) is 23.7 Å². The molecule has 0 radical (unpaired) electrons. The number of rotatable bonds is 3. The van der Waals surface area contributed by atoms with Crippen LogP contribution in [0.4, 0.5) is 0 Å². The number of guanidine groups is 1. The average Bonchev–Trinajstić information content (AvgIpc) is 3.05. The molecule has 2 aliphatic rings. The van der Waals surface area contributed by atoms with Crippen LogP contribution in [0.15, 0.2) is 17.4 Å². The van der Waals surface area contributed by atoms with E-state index in [9.17, 15) is 0 Å². The maximum Gasteiger partial charge on any atom is 0.191 e. The smallest absolute Gasteiger partial charge is 0.191 e. The molecule has 0 saturated carbocycles. The summed E-state index contributed by atoms with van der Waals surface area (Å²) in [5.41, 5.74) is 7.35. The van der Waals surface area contributed by atoms with Crippen LogP contribution < -0.4 is 5.73 Å². The van der Waals surface area contributed by atoms with Gasteiger partial charge in [0.15, 0.2) is 5.96 Å². The minimum Gasteiger partial charge on any atom is -0.373 e. The van der Waals surface area contributed by atoms with Gasteiger partial charge in [0.05, 0.1) is 12.3 Å². The summed E-state index contributed by atoms with van der Waals surface area (Å²) < 4.78 is 7.71. The molecule has 6 nitrogen and oxygen atoms in total. The molecule has 2 atom stereocenters. The molecule has 0 aliphatic carbocycles. The summed E-state index contributed by atoms with van der Waals surface area (Å²) in [5.74, 6) is 1.11. The lowest BCUT2D eigenvalue weighted by molar-refractivity contribution is 0.0924. The zero-order chi connectivity index (χ0) is 15.4. The lowest BCUT2D eigenvalue weighted by atomic mass is 9.98. The van der Waals surface area contributed by atoms with Gasteiger partial charge in [0.1, 0.15) is 0 Å². The van der Waals surface area contributed by atoms with Crippen LogP contribution in [0, 0.1) is 5.92 Å². The first-order valence-electron chi connectivity index (χ1n) is 8.39. The van der Waals surface area contributed by atoms with Crippen molar-refractivity contribution in [2.45, 2.75) is 38.2 Å². The summed E-state index contributed by atoms with van der Waals surface area (Å²) in [6.07, 6.45) is 10.1. The second-order valence-corrected chi connectivity index (χ2v) is 6.39. The molecule has 0 spiro atoms. The van der Waals surface area contributed by atoms with Crippen molar-refractivity contribution in [3.8, 4) is 0 Å². The zero-order valence-electron chi connectivity index (χ0n) is 13.4.